The lowest BCUT2D eigenvalue weighted by Gasteiger charge is -2.38. The largest absolute Gasteiger partial charge is 0.467 e. The van der Waals surface area contributed by atoms with Crippen molar-refractivity contribution in [3.05, 3.63) is 71.8 Å². The summed E-state index contributed by atoms with van der Waals surface area (Å²) in [5.41, 5.74) is 2.14. The first-order chi connectivity index (χ1) is 12.2. The summed E-state index contributed by atoms with van der Waals surface area (Å²) < 4.78 is 17.3. The molecule has 0 N–H and O–H groups in total. The summed E-state index contributed by atoms with van der Waals surface area (Å²) in [5.74, 6) is -1.32. The Labute approximate surface area is 147 Å². The van der Waals surface area contributed by atoms with Crippen LogP contribution in [0.1, 0.15) is 11.1 Å². The number of methoxy groups -OCH3 is 1. The molecule has 0 saturated carbocycles. The first kappa shape index (κ1) is 16.3. The van der Waals surface area contributed by atoms with Crippen LogP contribution in [0.25, 0.3) is 0 Å². The van der Waals surface area contributed by atoms with Crippen LogP contribution in [0.15, 0.2) is 60.7 Å². The molecule has 2 heterocycles. The number of morpholine rings is 1. The molecule has 2 fully saturated rings. The first-order valence-corrected chi connectivity index (χ1v) is 8.45. The van der Waals surface area contributed by atoms with Crippen LogP contribution in [0.2, 0.25) is 0 Å². The number of fused-ring (bicyclic) bond motifs is 2. The van der Waals surface area contributed by atoms with E-state index in [-0.39, 0.29) is 12.1 Å². The topological polar surface area (TPSA) is 48.0 Å². The molecule has 5 heteroatoms. The summed E-state index contributed by atoms with van der Waals surface area (Å²) in [6.45, 7) is 1.98. The monoisotopic (exact) mass is 339 g/mol. The average molecular weight is 339 g/mol. The SMILES string of the molecule is COC(=O)[C@@H]1O[C@@]2(c3ccccc3)CN(Cc3ccccc3)C[C@@H]1O2. The van der Waals surface area contributed by atoms with Gasteiger partial charge in [-0.05, 0) is 5.56 Å². The summed E-state index contributed by atoms with van der Waals surface area (Å²) >= 11 is 0. The Balaban J connectivity index is 1.63. The Morgan fingerprint density at radius 3 is 2.48 bits per heavy atom. The number of benzene rings is 2. The number of carbonyl (C=O) groups excluding carboxylic acids is 1. The molecule has 2 saturated heterocycles. The molecule has 0 spiro atoms. The van der Waals surface area contributed by atoms with Gasteiger partial charge in [-0.2, -0.15) is 0 Å². The third-order valence-corrected chi connectivity index (χ3v) is 4.76. The molecule has 0 amide bonds. The van der Waals surface area contributed by atoms with Crippen LogP contribution in [-0.4, -0.2) is 43.3 Å². The van der Waals surface area contributed by atoms with E-state index >= 15 is 0 Å². The lowest BCUT2D eigenvalue weighted by molar-refractivity contribution is -0.219. The Kier molecular flexibility index (Phi) is 4.29. The van der Waals surface area contributed by atoms with Gasteiger partial charge in [0.05, 0.1) is 13.7 Å². The van der Waals surface area contributed by atoms with Crippen LogP contribution in [0.3, 0.4) is 0 Å². The van der Waals surface area contributed by atoms with Gasteiger partial charge in [0, 0.05) is 18.7 Å². The maximum absolute atomic E-state index is 12.1. The van der Waals surface area contributed by atoms with Crippen molar-refractivity contribution in [1.29, 1.82) is 0 Å². The number of rotatable bonds is 4. The van der Waals surface area contributed by atoms with Crippen LogP contribution < -0.4 is 0 Å². The molecule has 2 bridgehead atoms. The molecule has 25 heavy (non-hydrogen) atoms. The fraction of sp³-hybridized carbons (Fsp3) is 0.350. The highest BCUT2D eigenvalue weighted by Crippen LogP contribution is 2.42. The summed E-state index contributed by atoms with van der Waals surface area (Å²) in [6.07, 6.45) is -1.05. The van der Waals surface area contributed by atoms with E-state index in [4.69, 9.17) is 14.2 Å². The van der Waals surface area contributed by atoms with E-state index in [0.717, 1.165) is 12.1 Å². The van der Waals surface area contributed by atoms with E-state index in [9.17, 15) is 4.79 Å². The average Bonchev–Trinajstić information content (AvgIpc) is 2.94. The molecule has 2 aromatic rings. The maximum Gasteiger partial charge on any atom is 0.337 e. The zero-order valence-electron chi connectivity index (χ0n) is 14.1. The van der Waals surface area contributed by atoms with Crippen molar-refractivity contribution in [3.63, 3.8) is 0 Å². The van der Waals surface area contributed by atoms with Crippen molar-refractivity contribution in [1.82, 2.24) is 4.90 Å². The number of hydrogen-bond acceptors (Lipinski definition) is 5. The van der Waals surface area contributed by atoms with Gasteiger partial charge >= 0.3 is 5.97 Å². The molecule has 130 valence electrons. The first-order valence-electron chi connectivity index (χ1n) is 8.45. The Morgan fingerprint density at radius 1 is 1.12 bits per heavy atom. The van der Waals surface area contributed by atoms with Crippen molar-refractivity contribution < 1.29 is 19.0 Å². The lowest BCUT2D eigenvalue weighted by Crippen LogP contribution is -2.49. The van der Waals surface area contributed by atoms with Crippen molar-refractivity contribution in [3.8, 4) is 0 Å². The quantitative estimate of drug-likeness (QED) is 0.800. The molecule has 0 aliphatic carbocycles. The van der Waals surface area contributed by atoms with Crippen molar-refractivity contribution >= 4 is 5.97 Å². The predicted octanol–water partition coefficient (Wildman–Crippen LogP) is 2.31. The number of esters is 1. The lowest BCUT2D eigenvalue weighted by atomic mass is 10.0. The predicted molar refractivity (Wildman–Crippen MR) is 91.6 cm³/mol. The minimum absolute atomic E-state index is 0.342. The molecule has 3 atom stereocenters. The van der Waals surface area contributed by atoms with E-state index in [1.165, 1.54) is 12.7 Å². The molecule has 0 unspecified atom stereocenters. The fourth-order valence-electron chi connectivity index (χ4n) is 3.63. The van der Waals surface area contributed by atoms with Crippen LogP contribution in [-0.2, 0) is 31.3 Å². The summed E-state index contributed by atoms with van der Waals surface area (Å²) in [5, 5.41) is 0. The van der Waals surface area contributed by atoms with Crippen molar-refractivity contribution in [2.75, 3.05) is 20.2 Å². The molecular weight excluding hydrogens is 318 g/mol. The molecule has 2 aromatic carbocycles. The summed E-state index contributed by atoms with van der Waals surface area (Å²) in [4.78, 5) is 14.4. The Bertz CT molecular complexity index is 736. The Hall–Kier alpha value is -2.21. The van der Waals surface area contributed by atoms with E-state index in [2.05, 4.69) is 17.0 Å². The molecule has 0 aromatic heterocycles. The van der Waals surface area contributed by atoms with E-state index in [1.54, 1.807) is 0 Å². The number of carbonyl (C=O) groups is 1. The number of nitrogens with zero attached hydrogens (tertiary/aromatic N) is 1. The second-order valence-corrected chi connectivity index (χ2v) is 6.49. The highest BCUT2D eigenvalue weighted by Gasteiger charge is 2.56. The van der Waals surface area contributed by atoms with Crippen molar-refractivity contribution in [2.45, 2.75) is 24.5 Å². The van der Waals surface area contributed by atoms with Crippen LogP contribution in [0.4, 0.5) is 0 Å². The van der Waals surface area contributed by atoms with Gasteiger partial charge in [-0.3, -0.25) is 4.90 Å². The van der Waals surface area contributed by atoms with Crippen LogP contribution >= 0.6 is 0 Å². The number of ether oxygens (including phenoxy) is 3. The minimum atomic E-state index is -0.933. The molecule has 2 aliphatic heterocycles. The second kappa shape index (κ2) is 6.59. The zero-order valence-corrected chi connectivity index (χ0v) is 14.1. The van der Waals surface area contributed by atoms with Crippen LogP contribution in [0, 0.1) is 0 Å². The molecule has 5 nitrogen and oxygen atoms in total. The third kappa shape index (κ3) is 3.06. The number of hydrogen-bond donors (Lipinski definition) is 0. The summed E-state index contributed by atoms with van der Waals surface area (Å²) in [7, 11) is 1.38. The van der Waals surface area contributed by atoms with E-state index < -0.39 is 11.9 Å². The van der Waals surface area contributed by atoms with E-state index in [0.29, 0.717) is 13.1 Å². The van der Waals surface area contributed by atoms with Gasteiger partial charge in [0.2, 0.25) is 5.79 Å². The fourth-order valence-corrected chi connectivity index (χ4v) is 3.63. The molecule has 0 radical (unpaired) electrons. The highest BCUT2D eigenvalue weighted by atomic mass is 16.8. The second-order valence-electron chi connectivity index (χ2n) is 6.49. The Morgan fingerprint density at radius 2 is 1.80 bits per heavy atom. The molecule has 4 rings (SSSR count). The van der Waals surface area contributed by atoms with Gasteiger partial charge < -0.3 is 14.2 Å². The third-order valence-electron chi connectivity index (χ3n) is 4.76. The maximum atomic E-state index is 12.1. The van der Waals surface area contributed by atoms with Gasteiger partial charge in [-0.25, -0.2) is 4.79 Å². The molecule has 2 aliphatic rings. The smallest absolute Gasteiger partial charge is 0.337 e. The normalized spacial score (nSPS) is 28.7. The van der Waals surface area contributed by atoms with E-state index in [1.807, 2.05) is 48.5 Å². The summed E-state index contributed by atoms with van der Waals surface area (Å²) in [6, 6.07) is 20.1. The van der Waals surface area contributed by atoms with Crippen molar-refractivity contribution in [2.24, 2.45) is 0 Å². The highest BCUT2D eigenvalue weighted by molar-refractivity contribution is 5.76. The standard InChI is InChI=1S/C20H21NO4/c1-23-19(22)18-17-13-21(12-15-8-4-2-5-9-15)14-20(24-17,25-18)16-10-6-3-7-11-16/h2-11,17-18H,12-14H2,1H3/t17-,18+,20+/m0/s1. The molecular formula is C20H21NO4. The van der Waals surface area contributed by atoms with Gasteiger partial charge in [0.1, 0.15) is 6.10 Å². The van der Waals surface area contributed by atoms with Gasteiger partial charge in [0.25, 0.3) is 0 Å². The minimum Gasteiger partial charge on any atom is -0.467 e. The van der Waals surface area contributed by atoms with Gasteiger partial charge in [-0.15, -0.1) is 0 Å². The van der Waals surface area contributed by atoms with Gasteiger partial charge in [-0.1, -0.05) is 60.7 Å². The van der Waals surface area contributed by atoms with Crippen LogP contribution in [0.5, 0.6) is 0 Å². The van der Waals surface area contributed by atoms with Gasteiger partial charge in [0.15, 0.2) is 6.10 Å². The zero-order chi connectivity index (χ0) is 17.3.